The maximum atomic E-state index is 12.7. The lowest BCUT2D eigenvalue weighted by Gasteiger charge is -2.31. The Morgan fingerprint density at radius 3 is 2.64 bits per heavy atom. The average molecular weight is 341 g/mol. The molecule has 4 unspecified atom stereocenters. The molecule has 3 nitrogen and oxygen atoms in total. The van der Waals surface area contributed by atoms with Gasteiger partial charge in [-0.1, -0.05) is 32.6 Å². The number of thioether (sulfide) groups is 1. The number of nitrogens with zero attached hydrogens (tertiary/aromatic N) is 1. The van der Waals surface area contributed by atoms with Gasteiger partial charge in [0.1, 0.15) is 5.50 Å². The molecule has 2 aliphatic heterocycles. The second kappa shape index (κ2) is 6.56. The van der Waals surface area contributed by atoms with Crippen LogP contribution in [0.3, 0.4) is 0 Å². The van der Waals surface area contributed by atoms with Crippen molar-refractivity contribution in [2.45, 2.75) is 75.1 Å². The number of rotatable bonds is 2. The first-order chi connectivity index (χ1) is 10.7. The first-order valence-electron chi connectivity index (χ1n) is 9.10. The molecule has 4 rings (SSSR count). The number of carbonyl (C=O) groups is 1. The lowest BCUT2D eigenvalue weighted by atomic mass is 9.80. The van der Waals surface area contributed by atoms with Crippen molar-refractivity contribution >= 4 is 29.6 Å². The summed E-state index contributed by atoms with van der Waals surface area (Å²) in [5.74, 6) is 3.66. The van der Waals surface area contributed by atoms with Gasteiger partial charge in [0.2, 0.25) is 5.91 Å². The van der Waals surface area contributed by atoms with Gasteiger partial charge in [-0.15, -0.1) is 11.8 Å². The molecule has 2 heterocycles. The predicted octanol–water partition coefficient (Wildman–Crippen LogP) is 3.85. The SMILES string of the molecule is CC1CCC(C2CSC(N3SC4CCCCC4C3=O)N2)CC1. The van der Waals surface area contributed by atoms with Crippen molar-refractivity contribution in [3.63, 3.8) is 0 Å². The van der Waals surface area contributed by atoms with Gasteiger partial charge >= 0.3 is 0 Å². The van der Waals surface area contributed by atoms with E-state index in [9.17, 15) is 4.79 Å². The smallest absolute Gasteiger partial charge is 0.238 e. The fourth-order valence-corrected chi connectivity index (χ4v) is 7.58. The Morgan fingerprint density at radius 1 is 1.09 bits per heavy atom. The summed E-state index contributed by atoms with van der Waals surface area (Å²) in [6.45, 7) is 2.39. The summed E-state index contributed by atoms with van der Waals surface area (Å²) in [6.07, 6.45) is 10.4. The normalized spacial score (nSPS) is 46.0. The molecular weight excluding hydrogens is 312 g/mol. The number of hydrogen-bond acceptors (Lipinski definition) is 4. The fourth-order valence-electron chi connectivity index (χ4n) is 4.61. The minimum atomic E-state index is 0.229. The standard InChI is InChI=1S/C17H28N2OS2/c1-11-6-8-12(9-7-11)14-10-21-17(18-14)19-16(20)13-4-2-3-5-15(13)22-19/h11-15,17-18H,2-10H2,1H3. The van der Waals surface area contributed by atoms with Crippen LogP contribution in [-0.4, -0.2) is 32.8 Å². The van der Waals surface area contributed by atoms with Gasteiger partial charge in [-0.05, 0) is 49.5 Å². The first kappa shape index (κ1) is 15.6. The number of hydrogen-bond donors (Lipinski definition) is 1. The van der Waals surface area contributed by atoms with Crippen molar-refractivity contribution in [3.8, 4) is 0 Å². The molecule has 4 aliphatic rings. The topological polar surface area (TPSA) is 32.3 Å². The highest BCUT2D eigenvalue weighted by Crippen LogP contribution is 2.46. The Labute approximate surface area is 142 Å². The maximum Gasteiger partial charge on any atom is 0.238 e. The average Bonchev–Trinajstić information content (AvgIpc) is 3.14. The van der Waals surface area contributed by atoms with Crippen LogP contribution in [0.1, 0.15) is 58.3 Å². The van der Waals surface area contributed by atoms with E-state index in [0.29, 0.717) is 23.1 Å². The van der Waals surface area contributed by atoms with E-state index in [1.54, 1.807) is 0 Å². The van der Waals surface area contributed by atoms with Crippen LogP contribution in [0.2, 0.25) is 0 Å². The van der Waals surface area contributed by atoms with Crippen LogP contribution in [0.25, 0.3) is 0 Å². The second-order valence-electron chi connectivity index (χ2n) is 7.68. The third-order valence-corrected chi connectivity index (χ3v) is 8.92. The Bertz CT molecular complexity index is 425. The van der Waals surface area contributed by atoms with Crippen LogP contribution in [0.4, 0.5) is 0 Å². The van der Waals surface area contributed by atoms with E-state index in [-0.39, 0.29) is 5.50 Å². The van der Waals surface area contributed by atoms with E-state index in [0.717, 1.165) is 18.3 Å². The van der Waals surface area contributed by atoms with Crippen LogP contribution in [0, 0.1) is 17.8 Å². The molecule has 0 aromatic rings. The maximum absolute atomic E-state index is 12.7. The second-order valence-corrected chi connectivity index (χ2v) is 10.0. The van der Waals surface area contributed by atoms with E-state index in [2.05, 4.69) is 16.5 Å². The molecule has 0 aromatic heterocycles. The van der Waals surface area contributed by atoms with E-state index < -0.39 is 0 Å². The third kappa shape index (κ3) is 2.93. The van der Waals surface area contributed by atoms with Gasteiger partial charge in [-0.25, -0.2) is 0 Å². The van der Waals surface area contributed by atoms with Gasteiger partial charge in [0.25, 0.3) is 0 Å². The van der Waals surface area contributed by atoms with Crippen molar-refractivity contribution in [3.05, 3.63) is 0 Å². The molecule has 2 saturated carbocycles. The monoisotopic (exact) mass is 340 g/mol. The van der Waals surface area contributed by atoms with Gasteiger partial charge in [0, 0.05) is 17.0 Å². The van der Waals surface area contributed by atoms with Crippen LogP contribution in [-0.2, 0) is 4.79 Å². The van der Waals surface area contributed by atoms with Crippen molar-refractivity contribution in [2.24, 2.45) is 17.8 Å². The highest BCUT2D eigenvalue weighted by molar-refractivity contribution is 8.02. The van der Waals surface area contributed by atoms with Crippen molar-refractivity contribution in [1.82, 2.24) is 9.62 Å². The zero-order chi connectivity index (χ0) is 15.1. The number of nitrogens with one attached hydrogen (secondary N) is 1. The molecule has 5 heteroatoms. The van der Waals surface area contributed by atoms with Gasteiger partial charge in [0.05, 0.1) is 5.92 Å². The molecule has 2 aliphatic carbocycles. The van der Waals surface area contributed by atoms with Gasteiger partial charge in [-0.2, -0.15) is 0 Å². The summed E-state index contributed by atoms with van der Waals surface area (Å²) in [6, 6.07) is 0.624. The Morgan fingerprint density at radius 2 is 1.86 bits per heavy atom. The Hall–Kier alpha value is 0.130. The molecule has 22 heavy (non-hydrogen) atoms. The fraction of sp³-hybridized carbons (Fsp3) is 0.941. The van der Waals surface area contributed by atoms with Crippen LogP contribution in [0.15, 0.2) is 0 Å². The van der Waals surface area contributed by atoms with Crippen LogP contribution >= 0.6 is 23.7 Å². The van der Waals surface area contributed by atoms with Crippen molar-refractivity contribution < 1.29 is 4.79 Å². The summed E-state index contributed by atoms with van der Waals surface area (Å²) >= 11 is 3.81. The summed E-state index contributed by atoms with van der Waals surface area (Å²) < 4.78 is 2.11. The van der Waals surface area contributed by atoms with E-state index in [1.165, 1.54) is 50.7 Å². The third-order valence-electron chi connectivity index (χ3n) is 6.12. The summed E-state index contributed by atoms with van der Waals surface area (Å²) in [5, 5.41) is 4.37. The molecule has 124 valence electrons. The molecule has 2 saturated heterocycles. The number of carbonyl (C=O) groups excluding carboxylic acids is 1. The Kier molecular flexibility index (Phi) is 4.66. The Balaban J connectivity index is 1.35. The highest BCUT2D eigenvalue weighted by atomic mass is 32.2. The molecule has 0 spiro atoms. The molecule has 4 atom stereocenters. The summed E-state index contributed by atoms with van der Waals surface area (Å²) in [7, 11) is 0. The molecule has 0 radical (unpaired) electrons. The van der Waals surface area contributed by atoms with Gasteiger partial charge in [-0.3, -0.25) is 14.4 Å². The predicted molar refractivity (Wildman–Crippen MR) is 94.5 cm³/mol. The highest BCUT2D eigenvalue weighted by Gasteiger charge is 2.47. The molecular formula is C17H28N2OS2. The summed E-state index contributed by atoms with van der Waals surface area (Å²) in [4.78, 5) is 12.7. The molecule has 4 fully saturated rings. The number of fused-ring (bicyclic) bond motifs is 1. The van der Waals surface area contributed by atoms with E-state index in [1.807, 2.05) is 23.7 Å². The first-order valence-corrected chi connectivity index (χ1v) is 11.0. The van der Waals surface area contributed by atoms with E-state index in [4.69, 9.17) is 0 Å². The molecule has 1 amide bonds. The molecule has 1 N–H and O–H groups in total. The summed E-state index contributed by atoms with van der Waals surface area (Å²) in [5.41, 5.74) is 0.229. The molecule has 0 bridgehead atoms. The van der Waals surface area contributed by atoms with Crippen LogP contribution in [0.5, 0.6) is 0 Å². The van der Waals surface area contributed by atoms with Crippen molar-refractivity contribution in [1.29, 1.82) is 0 Å². The minimum Gasteiger partial charge on any atom is -0.284 e. The number of amides is 1. The van der Waals surface area contributed by atoms with Gasteiger partial charge < -0.3 is 0 Å². The lowest BCUT2D eigenvalue weighted by Crippen LogP contribution is -2.44. The zero-order valence-corrected chi connectivity index (χ0v) is 15.1. The quantitative estimate of drug-likeness (QED) is 0.774. The van der Waals surface area contributed by atoms with Crippen molar-refractivity contribution in [2.75, 3.05) is 5.75 Å². The largest absolute Gasteiger partial charge is 0.284 e. The molecule has 0 aromatic carbocycles. The van der Waals surface area contributed by atoms with Crippen LogP contribution < -0.4 is 5.32 Å². The van der Waals surface area contributed by atoms with Gasteiger partial charge in [0.15, 0.2) is 0 Å². The zero-order valence-electron chi connectivity index (χ0n) is 13.5. The minimum absolute atomic E-state index is 0.229. The lowest BCUT2D eigenvalue weighted by molar-refractivity contribution is -0.130. The van der Waals surface area contributed by atoms with E-state index >= 15 is 0 Å².